The summed E-state index contributed by atoms with van der Waals surface area (Å²) < 4.78 is 5.68. The van der Waals surface area contributed by atoms with Crippen molar-refractivity contribution in [1.29, 1.82) is 0 Å². The van der Waals surface area contributed by atoms with Crippen LogP contribution in [0.25, 0.3) is 0 Å². The molecule has 0 fully saturated rings. The minimum absolute atomic E-state index is 0.321. The molecule has 0 aliphatic heterocycles. The van der Waals surface area contributed by atoms with Crippen LogP contribution in [0.5, 0.6) is 5.75 Å². The molecule has 1 aromatic carbocycles. The molecule has 5 nitrogen and oxygen atoms in total. The van der Waals surface area contributed by atoms with Crippen molar-refractivity contribution in [3.8, 4) is 5.75 Å². The molecule has 0 radical (unpaired) electrons. The number of hydrazine groups is 1. The zero-order valence-corrected chi connectivity index (χ0v) is 10.5. The lowest BCUT2D eigenvalue weighted by Gasteiger charge is -2.09. The van der Waals surface area contributed by atoms with Crippen LogP contribution in [0.4, 0.5) is 5.82 Å². The van der Waals surface area contributed by atoms with Crippen LogP contribution in [0.3, 0.4) is 0 Å². The number of aromatic nitrogens is 2. The molecule has 0 amide bonds. The first kappa shape index (κ1) is 12.3. The lowest BCUT2D eigenvalue weighted by molar-refractivity contribution is 0.293. The van der Waals surface area contributed by atoms with E-state index in [0.29, 0.717) is 18.2 Å². The molecule has 0 bridgehead atoms. The highest BCUT2D eigenvalue weighted by atomic mass is 16.5. The zero-order chi connectivity index (χ0) is 13.0. The van der Waals surface area contributed by atoms with Gasteiger partial charge in [0, 0.05) is 11.8 Å². The Morgan fingerprint density at radius 2 is 2.00 bits per heavy atom. The number of hydrogen-bond donors (Lipinski definition) is 2. The normalized spacial score (nSPS) is 10.2. The molecule has 0 unspecified atom stereocenters. The summed E-state index contributed by atoms with van der Waals surface area (Å²) in [6.07, 6.45) is 0. The molecule has 0 saturated carbocycles. The van der Waals surface area contributed by atoms with Gasteiger partial charge in [-0.1, -0.05) is 18.2 Å². The van der Waals surface area contributed by atoms with Gasteiger partial charge < -0.3 is 10.2 Å². The van der Waals surface area contributed by atoms with Gasteiger partial charge in [-0.05, 0) is 25.5 Å². The molecule has 0 saturated heterocycles. The number of para-hydroxylation sites is 1. The predicted octanol–water partition coefficient (Wildman–Crippen LogP) is 1.96. The van der Waals surface area contributed by atoms with Crippen LogP contribution in [-0.4, -0.2) is 9.97 Å². The average molecular weight is 244 g/mol. The van der Waals surface area contributed by atoms with Crippen molar-refractivity contribution in [2.75, 3.05) is 5.43 Å². The monoisotopic (exact) mass is 244 g/mol. The Morgan fingerprint density at radius 1 is 1.22 bits per heavy atom. The van der Waals surface area contributed by atoms with Gasteiger partial charge >= 0.3 is 0 Å². The summed E-state index contributed by atoms with van der Waals surface area (Å²) in [4.78, 5) is 8.52. The second kappa shape index (κ2) is 5.46. The van der Waals surface area contributed by atoms with Crippen LogP contribution in [0, 0.1) is 13.8 Å². The van der Waals surface area contributed by atoms with Crippen LogP contribution in [0.1, 0.15) is 17.1 Å². The van der Waals surface area contributed by atoms with Crippen LogP contribution >= 0.6 is 0 Å². The van der Waals surface area contributed by atoms with Crippen molar-refractivity contribution >= 4 is 5.82 Å². The number of nitrogens with one attached hydrogen (secondary N) is 1. The first-order valence-corrected chi connectivity index (χ1v) is 5.68. The van der Waals surface area contributed by atoms with Gasteiger partial charge in [-0.15, -0.1) is 0 Å². The number of nitrogens with two attached hydrogens (primary N) is 1. The third-order valence-corrected chi connectivity index (χ3v) is 2.50. The number of aryl methyl sites for hydroxylation is 2. The number of hydrogen-bond acceptors (Lipinski definition) is 5. The van der Waals surface area contributed by atoms with E-state index < -0.39 is 0 Å². The van der Waals surface area contributed by atoms with Gasteiger partial charge in [-0.25, -0.2) is 15.8 Å². The molecule has 18 heavy (non-hydrogen) atoms. The maximum Gasteiger partial charge on any atom is 0.168 e. The quantitative estimate of drug-likeness (QED) is 0.635. The maximum absolute atomic E-state index is 5.68. The average Bonchev–Trinajstić information content (AvgIpc) is 2.37. The van der Waals surface area contributed by atoms with E-state index in [1.807, 2.05) is 38.1 Å². The summed E-state index contributed by atoms with van der Waals surface area (Å²) >= 11 is 0. The van der Waals surface area contributed by atoms with Crippen LogP contribution in [0.2, 0.25) is 0 Å². The number of ether oxygens (including phenoxy) is 1. The minimum Gasteiger partial charge on any atom is -0.485 e. The Labute approximate surface area is 106 Å². The fourth-order valence-corrected chi connectivity index (χ4v) is 1.63. The van der Waals surface area contributed by atoms with Crippen molar-refractivity contribution in [3.63, 3.8) is 0 Å². The predicted molar refractivity (Wildman–Crippen MR) is 70.1 cm³/mol. The van der Waals surface area contributed by atoms with E-state index in [0.717, 1.165) is 17.0 Å². The highest BCUT2D eigenvalue weighted by molar-refractivity contribution is 5.34. The van der Waals surface area contributed by atoms with E-state index in [1.54, 1.807) is 6.07 Å². The van der Waals surface area contributed by atoms with E-state index >= 15 is 0 Å². The Morgan fingerprint density at radius 3 is 2.72 bits per heavy atom. The summed E-state index contributed by atoms with van der Waals surface area (Å²) in [5.74, 6) is 7.37. The number of nitrogen functional groups attached to an aromatic ring is 1. The molecule has 3 N–H and O–H groups in total. The Hall–Kier alpha value is -2.14. The lowest BCUT2D eigenvalue weighted by atomic mass is 10.2. The third-order valence-electron chi connectivity index (χ3n) is 2.50. The van der Waals surface area contributed by atoms with Crippen molar-refractivity contribution in [2.45, 2.75) is 20.5 Å². The Balaban J connectivity index is 2.11. The van der Waals surface area contributed by atoms with Crippen LogP contribution < -0.4 is 16.0 Å². The molecule has 0 aliphatic carbocycles. The molecule has 2 rings (SSSR count). The van der Waals surface area contributed by atoms with Crippen LogP contribution in [-0.2, 0) is 6.61 Å². The number of anilines is 1. The summed E-state index contributed by atoms with van der Waals surface area (Å²) in [5, 5.41) is 0. The molecule has 0 spiro atoms. The summed E-state index contributed by atoms with van der Waals surface area (Å²) in [5.41, 5.74) is 4.45. The Bertz CT molecular complexity index is 542. The van der Waals surface area contributed by atoms with Gasteiger partial charge in [0.15, 0.2) is 5.82 Å². The highest BCUT2D eigenvalue weighted by Crippen LogP contribution is 2.17. The van der Waals surface area contributed by atoms with Crippen molar-refractivity contribution in [1.82, 2.24) is 9.97 Å². The molecule has 0 atom stereocenters. The molecule has 1 aromatic heterocycles. The van der Waals surface area contributed by atoms with Crippen LogP contribution in [0.15, 0.2) is 30.3 Å². The second-order valence-corrected chi connectivity index (χ2v) is 4.01. The smallest absolute Gasteiger partial charge is 0.168 e. The maximum atomic E-state index is 5.68. The van der Waals surface area contributed by atoms with Crippen molar-refractivity contribution in [3.05, 3.63) is 47.4 Å². The number of rotatable bonds is 4. The van der Waals surface area contributed by atoms with Gasteiger partial charge in [-0.3, -0.25) is 0 Å². The SMILES string of the molecule is Cc1cc(NN)nc(COc2ccccc2C)n1. The van der Waals surface area contributed by atoms with Gasteiger partial charge in [0.05, 0.1) is 0 Å². The first-order chi connectivity index (χ1) is 8.69. The Kier molecular flexibility index (Phi) is 3.74. The van der Waals surface area contributed by atoms with E-state index in [2.05, 4.69) is 15.4 Å². The summed E-state index contributed by atoms with van der Waals surface area (Å²) in [6.45, 7) is 4.21. The van der Waals surface area contributed by atoms with Crippen molar-refractivity contribution in [2.24, 2.45) is 5.84 Å². The largest absolute Gasteiger partial charge is 0.485 e. The highest BCUT2D eigenvalue weighted by Gasteiger charge is 2.04. The molecule has 1 heterocycles. The van der Waals surface area contributed by atoms with Gasteiger partial charge in [0.2, 0.25) is 0 Å². The standard InChI is InChI=1S/C13H16N4O/c1-9-5-3-4-6-11(9)18-8-13-15-10(2)7-12(16-13)17-14/h3-7H,8,14H2,1-2H3,(H,15,16,17). The lowest BCUT2D eigenvalue weighted by Crippen LogP contribution is -2.12. The van der Waals surface area contributed by atoms with E-state index in [9.17, 15) is 0 Å². The first-order valence-electron chi connectivity index (χ1n) is 5.68. The van der Waals surface area contributed by atoms with E-state index in [1.165, 1.54) is 0 Å². The van der Waals surface area contributed by atoms with Crippen molar-refractivity contribution < 1.29 is 4.74 Å². The summed E-state index contributed by atoms with van der Waals surface area (Å²) in [6, 6.07) is 9.61. The van der Waals surface area contributed by atoms with Gasteiger partial charge in [-0.2, -0.15) is 0 Å². The minimum atomic E-state index is 0.321. The topological polar surface area (TPSA) is 73.1 Å². The number of nitrogens with zero attached hydrogens (tertiary/aromatic N) is 2. The number of benzene rings is 1. The molecule has 2 aromatic rings. The molecule has 5 heteroatoms. The van der Waals surface area contributed by atoms with Gasteiger partial charge in [0.25, 0.3) is 0 Å². The second-order valence-electron chi connectivity index (χ2n) is 4.01. The van der Waals surface area contributed by atoms with E-state index in [4.69, 9.17) is 10.6 Å². The molecular weight excluding hydrogens is 228 g/mol. The zero-order valence-electron chi connectivity index (χ0n) is 10.5. The fraction of sp³-hybridized carbons (Fsp3) is 0.231. The molecule has 94 valence electrons. The molecular formula is C13H16N4O. The molecule has 0 aliphatic rings. The fourth-order valence-electron chi connectivity index (χ4n) is 1.63. The van der Waals surface area contributed by atoms with E-state index in [-0.39, 0.29) is 0 Å². The third kappa shape index (κ3) is 2.95. The summed E-state index contributed by atoms with van der Waals surface area (Å²) in [7, 11) is 0. The van der Waals surface area contributed by atoms with Gasteiger partial charge in [0.1, 0.15) is 18.2 Å².